The van der Waals surface area contributed by atoms with Gasteiger partial charge >= 0.3 is 0 Å². The highest BCUT2D eigenvalue weighted by Gasteiger charge is 2.35. The molecule has 3 aromatic carbocycles. The Morgan fingerprint density at radius 3 is 1.59 bits per heavy atom. The summed E-state index contributed by atoms with van der Waals surface area (Å²) in [4.78, 5) is 0. The van der Waals surface area contributed by atoms with Gasteiger partial charge in [-0.2, -0.15) is 0 Å². The van der Waals surface area contributed by atoms with Crippen molar-refractivity contribution in [1.82, 2.24) is 0 Å². The molecular weight excluding hydrogens is 468 g/mol. The second kappa shape index (κ2) is 9.79. The molecule has 0 saturated carbocycles. The van der Waals surface area contributed by atoms with Gasteiger partial charge in [-0.15, -0.1) is 0 Å². The number of rotatable bonds is 2. The maximum Gasteiger partial charge on any atom is 0.0351 e. The van der Waals surface area contributed by atoms with Crippen LogP contribution in [0.4, 0.5) is 0 Å². The maximum absolute atomic E-state index is 2.51. The van der Waals surface area contributed by atoms with E-state index in [1.54, 1.807) is 0 Å². The van der Waals surface area contributed by atoms with Gasteiger partial charge in [0.05, 0.1) is 0 Å². The molecule has 0 nitrogen and oxygen atoms in total. The summed E-state index contributed by atoms with van der Waals surface area (Å²) in [5, 5.41) is 0. The van der Waals surface area contributed by atoms with Crippen LogP contribution in [0.25, 0.3) is 5.57 Å². The summed E-state index contributed by atoms with van der Waals surface area (Å²) in [5.41, 5.74) is 14.8. The van der Waals surface area contributed by atoms with E-state index in [4.69, 9.17) is 0 Å². The van der Waals surface area contributed by atoms with E-state index in [0.29, 0.717) is 0 Å². The SMILES string of the molecule is CC1=C(c2ccc(C(C)(C)C)cc2C(C)(C)C)C(c2ccc(C(C)(C)C)cc2C(C)(C)C)c2ccccc2C1. The highest BCUT2D eigenvalue weighted by atomic mass is 14.4. The van der Waals surface area contributed by atoms with Gasteiger partial charge in [0.25, 0.3) is 0 Å². The summed E-state index contributed by atoms with van der Waals surface area (Å²) < 4.78 is 0. The fourth-order valence-corrected chi connectivity index (χ4v) is 6.26. The summed E-state index contributed by atoms with van der Waals surface area (Å²) >= 11 is 0. The zero-order valence-corrected chi connectivity index (χ0v) is 27.1. The van der Waals surface area contributed by atoms with Crippen molar-refractivity contribution in [3.63, 3.8) is 0 Å². The monoisotopic (exact) mass is 520 g/mol. The van der Waals surface area contributed by atoms with Gasteiger partial charge in [0.15, 0.2) is 0 Å². The predicted molar refractivity (Wildman–Crippen MR) is 172 cm³/mol. The normalized spacial score (nSPS) is 16.9. The van der Waals surface area contributed by atoms with E-state index in [0.717, 1.165) is 6.42 Å². The largest absolute Gasteiger partial charge is 0.0641 e. The minimum absolute atomic E-state index is 0.0327. The topological polar surface area (TPSA) is 0 Å². The minimum atomic E-state index is 0.0327. The summed E-state index contributed by atoms with van der Waals surface area (Å²) in [7, 11) is 0. The van der Waals surface area contributed by atoms with E-state index in [2.05, 4.69) is 151 Å². The van der Waals surface area contributed by atoms with Crippen molar-refractivity contribution < 1.29 is 0 Å². The third-order valence-electron chi connectivity index (χ3n) is 8.59. The van der Waals surface area contributed by atoms with Gasteiger partial charge in [-0.1, -0.05) is 149 Å². The van der Waals surface area contributed by atoms with E-state index in [1.807, 2.05) is 0 Å². The van der Waals surface area contributed by atoms with Crippen LogP contribution in [0, 0.1) is 0 Å². The first-order chi connectivity index (χ1) is 17.8. The van der Waals surface area contributed by atoms with E-state index in [1.165, 1.54) is 55.7 Å². The molecular formula is C39H52. The second-order valence-electron chi connectivity index (χ2n) is 16.1. The highest BCUT2D eigenvalue weighted by Crippen LogP contribution is 2.50. The molecule has 0 aliphatic heterocycles. The Morgan fingerprint density at radius 2 is 1.05 bits per heavy atom. The van der Waals surface area contributed by atoms with Crippen LogP contribution in [0.2, 0.25) is 0 Å². The van der Waals surface area contributed by atoms with Crippen molar-refractivity contribution in [1.29, 1.82) is 0 Å². The maximum atomic E-state index is 2.51. The molecule has 0 aromatic heterocycles. The lowest BCUT2D eigenvalue weighted by atomic mass is 9.66. The number of benzene rings is 3. The van der Waals surface area contributed by atoms with Gasteiger partial charge in [-0.25, -0.2) is 0 Å². The smallest absolute Gasteiger partial charge is 0.0351 e. The van der Waals surface area contributed by atoms with Crippen LogP contribution in [0.1, 0.15) is 140 Å². The molecule has 0 saturated heterocycles. The van der Waals surface area contributed by atoms with Gasteiger partial charge in [-0.05, 0) is 85.1 Å². The van der Waals surface area contributed by atoms with Gasteiger partial charge in [0, 0.05) is 5.92 Å². The Bertz CT molecular complexity index is 1400. The first-order valence-electron chi connectivity index (χ1n) is 14.9. The summed E-state index contributed by atoms with van der Waals surface area (Å²) in [6, 6.07) is 23.9. The van der Waals surface area contributed by atoms with Crippen molar-refractivity contribution in [3.8, 4) is 0 Å². The van der Waals surface area contributed by atoms with E-state index >= 15 is 0 Å². The summed E-state index contributed by atoms with van der Waals surface area (Å²) in [6.07, 6.45) is 1.01. The average Bonchev–Trinajstić information content (AvgIpc) is 2.80. The molecule has 0 radical (unpaired) electrons. The Hall–Kier alpha value is -2.60. The lowest BCUT2D eigenvalue weighted by molar-refractivity contribution is 0.561. The third kappa shape index (κ3) is 5.82. The van der Waals surface area contributed by atoms with Gasteiger partial charge in [0.2, 0.25) is 0 Å². The third-order valence-corrected chi connectivity index (χ3v) is 8.59. The molecule has 1 aliphatic rings. The number of allylic oxidation sites excluding steroid dienone is 2. The fourth-order valence-electron chi connectivity index (χ4n) is 6.26. The zero-order chi connectivity index (χ0) is 29.1. The van der Waals surface area contributed by atoms with E-state index in [9.17, 15) is 0 Å². The fraction of sp³-hybridized carbons (Fsp3) is 0.487. The molecule has 1 aliphatic carbocycles. The lowest BCUT2D eigenvalue weighted by Crippen LogP contribution is -2.24. The molecule has 208 valence electrons. The summed E-state index contributed by atoms with van der Waals surface area (Å²) in [5.74, 6) is 0.208. The van der Waals surface area contributed by atoms with Crippen molar-refractivity contribution in [2.24, 2.45) is 0 Å². The Morgan fingerprint density at radius 1 is 0.538 bits per heavy atom. The molecule has 39 heavy (non-hydrogen) atoms. The molecule has 0 N–H and O–H groups in total. The van der Waals surface area contributed by atoms with Crippen molar-refractivity contribution in [3.05, 3.63) is 111 Å². The molecule has 1 unspecified atom stereocenters. The van der Waals surface area contributed by atoms with Gasteiger partial charge < -0.3 is 0 Å². The van der Waals surface area contributed by atoms with Crippen LogP contribution in [-0.4, -0.2) is 0 Å². The number of hydrogen-bond donors (Lipinski definition) is 0. The van der Waals surface area contributed by atoms with Gasteiger partial charge in [0.1, 0.15) is 0 Å². The quantitative estimate of drug-likeness (QED) is 0.315. The van der Waals surface area contributed by atoms with E-state index < -0.39 is 0 Å². The first-order valence-corrected chi connectivity index (χ1v) is 14.9. The Balaban J connectivity index is 2.09. The summed E-state index contributed by atoms with van der Waals surface area (Å²) in [6.45, 7) is 30.6. The Labute approximate surface area is 240 Å². The highest BCUT2D eigenvalue weighted by molar-refractivity contribution is 5.83. The number of fused-ring (bicyclic) bond motifs is 1. The van der Waals surface area contributed by atoms with Gasteiger partial charge in [-0.3, -0.25) is 0 Å². The molecule has 3 aromatic rings. The predicted octanol–water partition coefficient (Wildman–Crippen LogP) is 11.0. The standard InChI is InChI=1S/C39H52/c1-25-22-26-16-14-15-17-29(26)35(31-21-19-28(37(5,6)7)24-33(31)39(11,12)13)34(25)30-20-18-27(36(2,3)4)23-32(30)38(8,9)10/h14-21,23-24,35H,22H2,1-13H3. The first kappa shape index (κ1) is 29.4. The molecule has 0 heterocycles. The van der Waals surface area contributed by atoms with Crippen LogP contribution in [-0.2, 0) is 28.1 Å². The number of hydrogen-bond acceptors (Lipinski definition) is 0. The van der Waals surface area contributed by atoms with Crippen LogP contribution in [0.3, 0.4) is 0 Å². The van der Waals surface area contributed by atoms with Crippen LogP contribution in [0.15, 0.2) is 66.2 Å². The Kier molecular flexibility index (Phi) is 7.38. The molecule has 0 fully saturated rings. The van der Waals surface area contributed by atoms with Crippen LogP contribution in [0.5, 0.6) is 0 Å². The van der Waals surface area contributed by atoms with E-state index in [-0.39, 0.29) is 27.6 Å². The molecule has 0 heteroatoms. The zero-order valence-electron chi connectivity index (χ0n) is 27.1. The molecule has 4 rings (SSSR count). The minimum Gasteiger partial charge on any atom is -0.0641 e. The second-order valence-corrected chi connectivity index (χ2v) is 16.1. The van der Waals surface area contributed by atoms with Crippen LogP contribution < -0.4 is 0 Å². The van der Waals surface area contributed by atoms with Crippen LogP contribution >= 0.6 is 0 Å². The molecule has 0 amide bonds. The molecule has 0 bridgehead atoms. The lowest BCUT2D eigenvalue weighted by Gasteiger charge is -2.38. The molecule has 1 atom stereocenters. The molecule has 0 spiro atoms. The van der Waals surface area contributed by atoms with Crippen molar-refractivity contribution in [2.45, 2.75) is 124 Å². The van der Waals surface area contributed by atoms with Crippen molar-refractivity contribution >= 4 is 5.57 Å². The van der Waals surface area contributed by atoms with Crippen molar-refractivity contribution in [2.75, 3.05) is 0 Å². The average molecular weight is 521 g/mol.